The number of hydrogen-bond donors (Lipinski definition) is 3. The van der Waals surface area contributed by atoms with Gasteiger partial charge in [0.15, 0.2) is 0 Å². The van der Waals surface area contributed by atoms with Gasteiger partial charge in [-0.25, -0.2) is 9.89 Å². The Kier molecular flexibility index (Phi) is 4.20. The Morgan fingerprint density at radius 2 is 2.03 bits per heavy atom. The molecule has 3 heterocycles. The zero-order valence-corrected chi connectivity index (χ0v) is 16.7. The van der Waals surface area contributed by atoms with Gasteiger partial charge in [-0.2, -0.15) is 0 Å². The number of carbonyl (C=O) groups is 1. The highest BCUT2D eigenvalue weighted by Gasteiger charge is 2.36. The van der Waals surface area contributed by atoms with E-state index in [4.69, 9.17) is 4.74 Å². The summed E-state index contributed by atoms with van der Waals surface area (Å²) in [5.41, 5.74) is 4.69. The van der Waals surface area contributed by atoms with Crippen LogP contribution in [0.5, 0.6) is 5.75 Å². The number of carbonyl (C=O) groups excluding carboxylic acids is 1. The van der Waals surface area contributed by atoms with Crippen molar-refractivity contribution in [2.45, 2.75) is 19.4 Å². The summed E-state index contributed by atoms with van der Waals surface area (Å²) < 4.78 is 5.41. The molecule has 2 aromatic heterocycles. The van der Waals surface area contributed by atoms with Crippen molar-refractivity contribution in [3.05, 3.63) is 81.2 Å². The van der Waals surface area contributed by atoms with Crippen molar-refractivity contribution in [1.29, 1.82) is 0 Å². The average Bonchev–Trinajstić information content (AvgIpc) is 3.36. The van der Waals surface area contributed by atoms with Gasteiger partial charge in [0.25, 0.3) is 5.91 Å². The van der Waals surface area contributed by atoms with E-state index in [-0.39, 0.29) is 17.8 Å². The number of rotatable bonds is 3. The number of hydrogen-bond acceptors (Lipinski definition) is 4. The fourth-order valence-corrected chi connectivity index (χ4v) is 4.39. The van der Waals surface area contributed by atoms with E-state index in [0.29, 0.717) is 13.0 Å². The van der Waals surface area contributed by atoms with Gasteiger partial charge in [0.05, 0.1) is 13.2 Å². The van der Waals surface area contributed by atoms with Crippen molar-refractivity contribution in [3.8, 4) is 5.75 Å². The SMILES string of the molecule is COc1ccc([C@@H]2c3[nH]c4ccccc4c3CCN2C(=O)c2n[nH]c(=O)[nH]2)cc1C. The Hall–Kier alpha value is -3.81. The van der Waals surface area contributed by atoms with Crippen LogP contribution in [0.2, 0.25) is 0 Å². The monoisotopic (exact) mass is 403 g/mol. The number of aromatic nitrogens is 4. The van der Waals surface area contributed by atoms with Gasteiger partial charge < -0.3 is 14.6 Å². The van der Waals surface area contributed by atoms with E-state index in [9.17, 15) is 9.59 Å². The molecule has 0 saturated heterocycles. The zero-order chi connectivity index (χ0) is 20.8. The summed E-state index contributed by atoms with van der Waals surface area (Å²) in [7, 11) is 1.64. The molecular formula is C22H21N5O3. The summed E-state index contributed by atoms with van der Waals surface area (Å²) >= 11 is 0. The number of aryl methyl sites for hydroxylation is 1. The lowest BCUT2D eigenvalue weighted by molar-refractivity contribution is 0.0679. The lowest BCUT2D eigenvalue weighted by Crippen LogP contribution is -2.41. The number of para-hydroxylation sites is 1. The predicted molar refractivity (Wildman–Crippen MR) is 112 cm³/mol. The summed E-state index contributed by atoms with van der Waals surface area (Å²) in [5, 5.41) is 7.29. The van der Waals surface area contributed by atoms with Crippen LogP contribution in [0.25, 0.3) is 10.9 Å². The van der Waals surface area contributed by atoms with Crippen LogP contribution in [0, 0.1) is 6.92 Å². The van der Waals surface area contributed by atoms with Crippen LogP contribution in [0.1, 0.15) is 39.0 Å². The third-order valence-corrected chi connectivity index (χ3v) is 5.73. The minimum absolute atomic E-state index is 0.00907. The highest BCUT2D eigenvalue weighted by Crippen LogP contribution is 2.39. The van der Waals surface area contributed by atoms with Crippen LogP contribution in [0.4, 0.5) is 0 Å². The third-order valence-electron chi connectivity index (χ3n) is 5.73. The smallest absolute Gasteiger partial charge is 0.341 e. The zero-order valence-electron chi connectivity index (χ0n) is 16.7. The lowest BCUT2D eigenvalue weighted by Gasteiger charge is -2.36. The second kappa shape index (κ2) is 6.91. The Labute approximate surface area is 171 Å². The minimum atomic E-state index is -0.501. The van der Waals surface area contributed by atoms with Crippen molar-refractivity contribution in [3.63, 3.8) is 0 Å². The van der Waals surface area contributed by atoms with Crippen molar-refractivity contribution < 1.29 is 9.53 Å². The molecule has 1 atom stereocenters. The second-order valence-electron chi connectivity index (χ2n) is 7.47. The van der Waals surface area contributed by atoms with E-state index in [1.54, 1.807) is 12.0 Å². The van der Waals surface area contributed by atoms with Crippen LogP contribution < -0.4 is 10.4 Å². The average molecular weight is 403 g/mol. The van der Waals surface area contributed by atoms with Gasteiger partial charge >= 0.3 is 5.69 Å². The fourth-order valence-electron chi connectivity index (χ4n) is 4.39. The molecule has 1 aliphatic heterocycles. The van der Waals surface area contributed by atoms with Gasteiger partial charge in [0.1, 0.15) is 5.75 Å². The van der Waals surface area contributed by atoms with E-state index in [1.165, 1.54) is 10.9 Å². The molecular weight excluding hydrogens is 382 g/mol. The molecule has 0 saturated carbocycles. The number of H-pyrrole nitrogens is 3. The lowest BCUT2D eigenvalue weighted by atomic mass is 9.91. The molecule has 8 heteroatoms. The van der Waals surface area contributed by atoms with Crippen molar-refractivity contribution in [2.24, 2.45) is 0 Å². The molecule has 8 nitrogen and oxygen atoms in total. The van der Waals surface area contributed by atoms with Crippen molar-refractivity contribution in [2.75, 3.05) is 13.7 Å². The van der Waals surface area contributed by atoms with E-state index < -0.39 is 5.69 Å². The molecule has 2 aromatic carbocycles. The molecule has 152 valence electrons. The maximum Gasteiger partial charge on any atom is 0.341 e. The third kappa shape index (κ3) is 2.80. The number of nitrogens with one attached hydrogen (secondary N) is 3. The van der Waals surface area contributed by atoms with Gasteiger partial charge in [-0.1, -0.05) is 24.3 Å². The van der Waals surface area contributed by atoms with E-state index in [0.717, 1.165) is 28.1 Å². The maximum absolute atomic E-state index is 13.3. The molecule has 5 rings (SSSR count). The number of nitrogens with zero attached hydrogens (tertiary/aromatic N) is 2. The van der Waals surface area contributed by atoms with Gasteiger partial charge in [-0.05, 0) is 48.2 Å². The summed E-state index contributed by atoms with van der Waals surface area (Å²) in [4.78, 5) is 32.5. The van der Waals surface area contributed by atoms with Gasteiger partial charge in [-0.3, -0.25) is 9.78 Å². The normalized spacial score (nSPS) is 15.9. The van der Waals surface area contributed by atoms with Crippen LogP contribution in [0.15, 0.2) is 47.3 Å². The molecule has 0 spiro atoms. The first-order valence-corrected chi connectivity index (χ1v) is 9.76. The Balaban J connectivity index is 1.68. The molecule has 1 aliphatic rings. The fraction of sp³-hybridized carbons (Fsp3) is 0.227. The van der Waals surface area contributed by atoms with Crippen LogP contribution in [-0.4, -0.2) is 44.6 Å². The highest BCUT2D eigenvalue weighted by atomic mass is 16.5. The Morgan fingerprint density at radius 1 is 1.20 bits per heavy atom. The molecule has 0 unspecified atom stereocenters. The van der Waals surface area contributed by atoms with E-state index in [2.05, 4.69) is 26.2 Å². The molecule has 30 heavy (non-hydrogen) atoms. The Bertz CT molecular complexity index is 1320. The second-order valence-corrected chi connectivity index (χ2v) is 7.47. The molecule has 0 bridgehead atoms. The maximum atomic E-state index is 13.3. The molecule has 4 aromatic rings. The Morgan fingerprint density at radius 3 is 2.77 bits per heavy atom. The van der Waals surface area contributed by atoms with E-state index >= 15 is 0 Å². The van der Waals surface area contributed by atoms with Crippen LogP contribution in [0.3, 0.4) is 0 Å². The number of benzene rings is 2. The first kappa shape index (κ1) is 18.2. The number of fused-ring (bicyclic) bond motifs is 3. The number of amides is 1. The molecule has 0 aliphatic carbocycles. The van der Waals surface area contributed by atoms with Crippen molar-refractivity contribution >= 4 is 16.8 Å². The van der Waals surface area contributed by atoms with Crippen molar-refractivity contribution in [1.82, 2.24) is 25.1 Å². The quantitative estimate of drug-likeness (QED) is 0.489. The molecule has 1 amide bonds. The minimum Gasteiger partial charge on any atom is -0.496 e. The number of aromatic amines is 3. The van der Waals surface area contributed by atoms with Crippen LogP contribution in [-0.2, 0) is 6.42 Å². The highest BCUT2D eigenvalue weighted by molar-refractivity contribution is 5.92. The summed E-state index contributed by atoms with van der Waals surface area (Å²) in [5.74, 6) is 0.479. The predicted octanol–water partition coefficient (Wildman–Crippen LogP) is 2.68. The number of ether oxygens (including phenoxy) is 1. The van der Waals surface area contributed by atoms with Crippen LogP contribution >= 0.6 is 0 Å². The topological polar surface area (TPSA) is 107 Å². The number of methoxy groups -OCH3 is 1. The molecule has 0 fully saturated rings. The summed E-state index contributed by atoms with van der Waals surface area (Å²) in [6.45, 7) is 2.49. The van der Waals surface area contributed by atoms with Gasteiger partial charge in [0.2, 0.25) is 5.82 Å². The van der Waals surface area contributed by atoms with Gasteiger partial charge in [-0.15, -0.1) is 5.10 Å². The summed E-state index contributed by atoms with van der Waals surface area (Å²) in [6.07, 6.45) is 0.714. The standard InChI is InChI=1S/C22H21N5O3/c1-12-11-13(7-8-17(12)30-2)19-18-15(14-5-3-4-6-16(14)23-18)9-10-27(19)21(28)20-24-22(29)26-25-20/h3-8,11,19,23H,9-10H2,1-2H3,(H2,24,25,26,29)/t19-/m1/s1. The first-order valence-electron chi connectivity index (χ1n) is 9.76. The molecule has 0 radical (unpaired) electrons. The summed E-state index contributed by atoms with van der Waals surface area (Å²) in [6, 6.07) is 13.8. The molecule has 3 N–H and O–H groups in total. The van der Waals surface area contributed by atoms with E-state index in [1.807, 2.05) is 43.3 Å². The van der Waals surface area contributed by atoms with Gasteiger partial charge in [0, 0.05) is 23.1 Å². The first-order chi connectivity index (χ1) is 14.6. The largest absolute Gasteiger partial charge is 0.496 e.